The Morgan fingerprint density at radius 1 is 1.03 bits per heavy atom. The third-order valence-corrected chi connectivity index (χ3v) is 4.93. The first kappa shape index (κ1) is 21.3. The lowest BCUT2D eigenvalue weighted by Crippen LogP contribution is -2.20. The van der Waals surface area contributed by atoms with Crippen molar-refractivity contribution in [2.24, 2.45) is 0 Å². The average Bonchev–Trinajstić information content (AvgIpc) is 2.75. The topological polar surface area (TPSA) is 78.7 Å². The van der Waals surface area contributed by atoms with E-state index in [9.17, 15) is 14.9 Å². The van der Waals surface area contributed by atoms with E-state index in [0.717, 1.165) is 17.3 Å². The van der Waals surface area contributed by atoms with E-state index in [1.165, 1.54) is 13.2 Å². The number of esters is 1. The molecule has 3 aromatic carbocycles. The van der Waals surface area contributed by atoms with Crippen LogP contribution >= 0.6 is 15.9 Å². The fourth-order valence-electron chi connectivity index (χ4n) is 3.00. The maximum atomic E-state index is 13.2. The average molecular weight is 468 g/mol. The molecule has 152 valence electrons. The molecule has 0 atom stereocenters. The highest BCUT2D eigenvalue weighted by atomic mass is 79.9. The minimum atomic E-state index is -0.627. The highest BCUT2D eigenvalue weighted by Gasteiger charge is 2.26. The van der Waals surface area contributed by atoms with Gasteiger partial charge in [0.25, 0.3) is 0 Å². The van der Waals surface area contributed by atoms with E-state index in [1.54, 1.807) is 12.1 Å². The first-order chi connectivity index (χ1) is 14.5. The summed E-state index contributed by atoms with van der Waals surface area (Å²) in [7, 11) is 1.44. The maximum absolute atomic E-state index is 13.2. The third kappa shape index (κ3) is 5.12. The standard InChI is InChI=1S/C23H18BrNO5/c1-29-20-15-16(12-13-25(27)28)14-19(24)22(20)30-23(26)21(17-8-4-2-5-9-17)18-10-6-3-7-11-18/h2-15,21H,1H3/b13-12+. The van der Waals surface area contributed by atoms with Crippen molar-refractivity contribution in [2.45, 2.75) is 5.92 Å². The minimum absolute atomic E-state index is 0.206. The highest BCUT2D eigenvalue weighted by Crippen LogP contribution is 2.38. The first-order valence-electron chi connectivity index (χ1n) is 9.00. The molecule has 0 aliphatic carbocycles. The second-order valence-corrected chi connectivity index (χ2v) is 7.17. The Morgan fingerprint density at radius 3 is 2.10 bits per heavy atom. The Morgan fingerprint density at radius 2 is 1.60 bits per heavy atom. The van der Waals surface area contributed by atoms with Crippen LogP contribution < -0.4 is 9.47 Å². The molecule has 0 bridgehead atoms. The van der Waals surface area contributed by atoms with E-state index in [4.69, 9.17) is 9.47 Å². The van der Waals surface area contributed by atoms with Crippen molar-refractivity contribution < 1.29 is 19.2 Å². The van der Waals surface area contributed by atoms with Gasteiger partial charge in [0, 0.05) is 6.08 Å². The van der Waals surface area contributed by atoms with Crippen molar-refractivity contribution in [1.29, 1.82) is 0 Å². The summed E-state index contributed by atoms with van der Waals surface area (Å²) in [5, 5.41) is 10.6. The van der Waals surface area contributed by atoms with Crippen LogP contribution in [0.5, 0.6) is 11.5 Å². The van der Waals surface area contributed by atoms with Gasteiger partial charge >= 0.3 is 5.97 Å². The second-order valence-electron chi connectivity index (χ2n) is 6.31. The van der Waals surface area contributed by atoms with Crippen LogP contribution in [-0.4, -0.2) is 18.0 Å². The van der Waals surface area contributed by atoms with Gasteiger partial charge in [-0.05, 0) is 44.8 Å². The zero-order valence-corrected chi connectivity index (χ0v) is 17.6. The fourth-order valence-corrected chi connectivity index (χ4v) is 3.54. The molecule has 0 aliphatic heterocycles. The predicted octanol–water partition coefficient (Wildman–Crippen LogP) is 5.44. The maximum Gasteiger partial charge on any atom is 0.323 e. The number of hydrogen-bond donors (Lipinski definition) is 0. The smallest absolute Gasteiger partial charge is 0.323 e. The van der Waals surface area contributed by atoms with E-state index in [1.807, 2.05) is 60.7 Å². The molecule has 0 saturated heterocycles. The number of carbonyl (C=O) groups is 1. The van der Waals surface area contributed by atoms with Crippen LogP contribution in [0.2, 0.25) is 0 Å². The van der Waals surface area contributed by atoms with Gasteiger partial charge in [0.15, 0.2) is 11.5 Å². The number of ether oxygens (including phenoxy) is 2. The van der Waals surface area contributed by atoms with Crippen LogP contribution in [0.25, 0.3) is 6.08 Å². The summed E-state index contributed by atoms with van der Waals surface area (Å²) in [5.74, 6) is -0.615. The van der Waals surface area contributed by atoms with E-state index < -0.39 is 16.8 Å². The van der Waals surface area contributed by atoms with Crippen molar-refractivity contribution in [1.82, 2.24) is 0 Å². The molecular weight excluding hydrogens is 450 g/mol. The summed E-state index contributed by atoms with van der Waals surface area (Å²) >= 11 is 3.37. The van der Waals surface area contributed by atoms with Crippen molar-refractivity contribution in [3.05, 3.63) is 110 Å². The summed E-state index contributed by atoms with van der Waals surface area (Å²) in [6, 6.07) is 21.9. The van der Waals surface area contributed by atoms with Crippen molar-refractivity contribution in [2.75, 3.05) is 7.11 Å². The molecule has 3 aromatic rings. The summed E-state index contributed by atoms with van der Waals surface area (Å²) in [6.07, 6.45) is 2.16. The molecule has 0 radical (unpaired) electrons. The molecule has 0 N–H and O–H groups in total. The lowest BCUT2D eigenvalue weighted by Gasteiger charge is -2.19. The van der Waals surface area contributed by atoms with Gasteiger partial charge in [-0.2, -0.15) is 0 Å². The van der Waals surface area contributed by atoms with Crippen molar-refractivity contribution >= 4 is 28.0 Å². The number of hydrogen-bond acceptors (Lipinski definition) is 5. The van der Waals surface area contributed by atoms with E-state index in [0.29, 0.717) is 10.0 Å². The van der Waals surface area contributed by atoms with E-state index in [2.05, 4.69) is 15.9 Å². The molecule has 0 spiro atoms. The molecule has 3 rings (SSSR count). The van der Waals surface area contributed by atoms with Crippen molar-refractivity contribution in [3.8, 4) is 11.5 Å². The molecule has 0 heterocycles. The number of rotatable bonds is 7. The van der Waals surface area contributed by atoms with Crippen LogP contribution in [0, 0.1) is 10.1 Å². The van der Waals surface area contributed by atoms with E-state index in [-0.39, 0.29) is 11.5 Å². The zero-order valence-electron chi connectivity index (χ0n) is 16.0. The SMILES string of the molecule is COc1cc(/C=C/[N+](=O)[O-])cc(Br)c1OC(=O)C(c1ccccc1)c1ccccc1. The Kier molecular flexibility index (Phi) is 6.98. The molecule has 0 aliphatic rings. The zero-order chi connectivity index (χ0) is 21.5. The quantitative estimate of drug-likeness (QED) is 0.200. The van der Waals surface area contributed by atoms with Crippen LogP contribution in [-0.2, 0) is 4.79 Å². The van der Waals surface area contributed by atoms with Crippen LogP contribution in [0.4, 0.5) is 0 Å². The van der Waals surface area contributed by atoms with Gasteiger partial charge < -0.3 is 9.47 Å². The minimum Gasteiger partial charge on any atom is -0.493 e. The molecule has 0 amide bonds. The fraction of sp³-hybridized carbons (Fsp3) is 0.0870. The molecule has 0 unspecified atom stereocenters. The van der Waals surface area contributed by atoms with Gasteiger partial charge in [-0.3, -0.25) is 14.9 Å². The number of carbonyl (C=O) groups excluding carboxylic acids is 1. The number of benzene rings is 3. The van der Waals surface area contributed by atoms with Gasteiger partial charge in [-0.15, -0.1) is 0 Å². The normalized spacial score (nSPS) is 10.9. The van der Waals surface area contributed by atoms with Gasteiger partial charge in [-0.1, -0.05) is 60.7 Å². The molecule has 0 fully saturated rings. The monoisotopic (exact) mass is 467 g/mol. The lowest BCUT2D eigenvalue weighted by molar-refractivity contribution is -0.400. The van der Waals surface area contributed by atoms with Gasteiger partial charge in [0.2, 0.25) is 6.20 Å². The second kappa shape index (κ2) is 9.84. The molecule has 6 nitrogen and oxygen atoms in total. The Labute approximate surface area is 182 Å². The number of methoxy groups -OCH3 is 1. The summed E-state index contributed by atoms with van der Waals surface area (Å²) in [5.41, 5.74) is 2.13. The number of nitro groups is 1. The lowest BCUT2D eigenvalue weighted by atomic mass is 9.91. The van der Waals surface area contributed by atoms with Crippen LogP contribution in [0.3, 0.4) is 0 Å². The first-order valence-corrected chi connectivity index (χ1v) is 9.79. The Balaban J connectivity index is 1.97. The molecule has 30 heavy (non-hydrogen) atoms. The predicted molar refractivity (Wildman–Crippen MR) is 117 cm³/mol. The molecule has 0 saturated carbocycles. The van der Waals surface area contributed by atoms with Gasteiger partial charge in [0.1, 0.15) is 5.92 Å². The number of nitrogens with zero attached hydrogens (tertiary/aromatic N) is 1. The van der Waals surface area contributed by atoms with E-state index >= 15 is 0 Å². The third-order valence-electron chi connectivity index (χ3n) is 4.34. The van der Waals surface area contributed by atoms with Gasteiger partial charge in [0.05, 0.1) is 16.5 Å². The highest BCUT2D eigenvalue weighted by molar-refractivity contribution is 9.10. The van der Waals surface area contributed by atoms with Crippen molar-refractivity contribution in [3.63, 3.8) is 0 Å². The molecular formula is C23H18BrNO5. The summed E-state index contributed by atoms with van der Waals surface area (Å²) in [4.78, 5) is 23.3. The Hall–Kier alpha value is -3.45. The van der Waals surface area contributed by atoms with Crippen LogP contribution in [0.1, 0.15) is 22.6 Å². The summed E-state index contributed by atoms with van der Waals surface area (Å²) in [6.45, 7) is 0. The Bertz CT molecular complexity index is 1030. The molecule has 7 heteroatoms. The number of halogens is 1. The van der Waals surface area contributed by atoms with Crippen LogP contribution in [0.15, 0.2) is 83.5 Å². The molecule has 0 aromatic heterocycles. The van der Waals surface area contributed by atoms with Gasteiger partial charge in [-0.25, -0.2) is 0 Å². The summed E-state index contributed by atoms with van der Waals surface area (Å²) < 4.78 is 11.5. The largest absolute Gasteiger partial charge is 0.493 e.